The van der Waals surface area contributed by atoms with Crippen LogP contribution in [0.2, 0.25) is 0 Å². The van der Waals surface area contributed by atoms with Crippen molar-refractivity contribution >= 4 is 31.0 Å². The second kappa shape index (κ2) is 53.4. The number of rotatable bonds is 10. The molecule has 0 aliphatic carbocycles. The Kier molecular flexibility index (Phi) is 95.0. The topological polar surface area (TPSA) is 152 Å². The SMILES string of the molecule is CC([CH-]O)N(C)P.CNC(C)[CH-]O.C[N-]C(=O)O[CH-]C(C)N(C)P.C[N-]C(=O)O[CH-]C(C)NC.[W].[W].[Y].[Y].[Y].[Y]. The van der Waals surface area contributed by atoms with E-state index in [2.05, 4.69) is 49.5 Å². The molecule has 0 aromatic carbocycles. The van der Waals surface area contributed by atoms with Crippen molar-refractivity contribution in [1.82, 2.24) is 20.0 Å². The van der Waals surface area contributed by atoms with Gasteiger partial charge in [-0.1, -0.05) is 70.6 Å². The predicted octanol–water partition coefficient (Wildman–Crippen LogP) is 3.04. The summed E-state index contributed by atoms with van der Waals surface area (Å²) in [5.41, 5.74) is 0. The Labute approximate surface area is 378 Å². The summed E-state index contributed by atoms with van der Waals surface area (Å²) in [4.78, 5) is 20.9. The van der Waals surface area contributed by atoms with Gasteiger partial charge in [0.15, 0.2) is 12.2 Å². The molecule has 2 amide bonds. The molecular weight excluding hydrogens is 1210 g/mol. The Balaban J connectivity index is -0.0000000365. The van der Waals surface area contributed by atoms with E-state index >= 15 is 0 Å². The number of amides is 2. The molecule has 0 spiro atoms. The molecule has 0 bridgehead atoms. The van der Waals surface area contributed by atoms with Crippen molar-refractivity contribution in [2.45, 2.75) is 51.9 Å². The van der Waals surface area contributed by atoms with Gasteiger partial charge in [-0.05, 0) is 28.2 Å². The van der Waals surface area contributed by atoms with Gasteiger partial charge in [-0.3, -0.25) is 9.59 Å². The number of nitrogens with zero attached hydrogens (tertiary/aromatic N) is 4. The van der Waals surface area contributed by atoms with Gasteiger partial charge in [0, 0.05) is 173 Å². The first kappa shape index (κ1) is 71.1. The Morgan fingerprint density at radius 1 is 0.725 bits per heavy atom. The van der Waals surface area contributed by atoms with E-state index in [0.717, 1.165) is 13.2 Å². The largest absolute Gasteiger partial charge is 0.648 e. The molecule has 0 rings (SSSR count). The second-order valence-electron chi connectivity index (χ2n) is 6.75. The third kappa shape index (κ3) is 61.9. The number of hydrogen-bond donors (Lipinski definition) is 4. The molecule has 6 atom stereocenters. The van der Waals surface area contributed by atoms with Gasteiger partial charge in [0.2, 0.25) is 0 Å². The molecule has 0 aliphatic heterocycles. The van der Waals surface area contributed by atoms with Gasteiger partial charge in [-0.15, -0.1) is 27.3 Å². The molecule has 0 aliphatic rings. The number of carbonyl (C=O) groups excluding carboxylic acids is 2. The fourth-order valence-corrected chi connectivity index (χ4v) is 0.913. The van der Waals surface area contributed by atoms with Gasteiger partial charge < -0.3 is 50.3 Å². The van der Waals surface area contributed by atoms with Crippen LogP contribution in [0.4, 0.5) is 9.59 Å². The molecule has 0 saturated carbocycles. The molecule has 6 unspecified atom stereocenters. The average molecular weight is 1250 g/mol. The van der Waals surface area contributed by atoms with Gasteiger partial charge in [-0.25, -0.2) is 0 Å². The summed E-state index contributed by atoms with van der Waals surface area (Å²) in [6.45, 7) is 12.6. The van der Waals surface area contributed by atoms with Crippen LogP contribution in [-0.4, -0.2) is 98.2 Å². The number of ether oxygens (including phenoxy) is 2. The zero-order valence-electron chi connectivity index (χ0n) is 25.2. The van der Waals surface area contributed by atoms with E-state index in [-0.39, 0.29) is 197 Å². The van der Waals surface area contributed by atoms with Crippen molar-refractivity contribution in [1.29, 1.82) is 0 Å². The maximum Gasteiger partial charge on any atom is 0.197 e. The first-order valence-corrected chi connectivity index (χ1v) is 11.3. The molecule has 0 heterocycles. The van der Waals surface area contributed by atoms with E-state index in [0.29, 0.717) is 0 Å². The maximum absolute atomic E-state index is 10.5. The van der Waals surface area contributed by atoms with Crippen LogP contribution in [0.15, 0.2) is 0 Å². The van der Waals surface area contributed by atoms with Gasteiger partial charge in [0.1, 0.15) is 0 Å². The normalized spacial score (nSPS) is 11.4. The minimum atomic E-state index is -0.567. The van der Waals surface area contributed by atoms with Crippen molar-refractivity contribution in [3.63, 3.8) is 0 Å². The molecular formula is C20H46N6O6P2W2Y4-6. The van der Waals surface area contributed by atoms with Crippen LogP contribution >= 0.6 is 18.8 Å². The molecule has 0 aromatic heterocycles. The summed E-state index contributed by atoms with van der Waals surface area (Å²) in [7, 11) is 15.0. The van der Waals surface area contributed by atoms with E-state index in [1.807, 2.05) is 51.1 Å². The second-order valence-corrected chi connectivity index (χ2v) is 8.38. The van der Waals surface area contributed by atoms with E-state index < -0.39 is 12.2 Å². The summed E-state index contributed by atoms with van der Waals surface area (Å²) in [6.07, 6.45) is -1.13. The summed E-state index contributed by atoms with van der Waals surface area (Å²) in [5, 5.41) is 28.7. The molecule has 4 N–H and O–H groups in total. The number of carbonyl (C=O) groups is 2. The predicted molar refractivity (Wildman–Crippen MR) is 144 cm³/mol. The Morgan fingerprint density at radius 3 is 1.23 bits per heavy atom. The van der Waals surface area contributed by atoms with E-state index in [1.165, 1.54) is 27.3 Å². The van der Waals surface area contributed by atoms with Crippen LogP contribution in [-0.2, 0) is 182 Å². The minimum absolute atomic E-state index is 0. The number of aliphatic hydroxyl groups is 2. The van der Waals surface area contributed by atoms with Crippen molar-refractivity contribution in [3.8, 4) is 0 Å². The Hall–Kier alpha value is 4.95. The number of hydrogen-bond acceptors (Lipinski definition) is 10. The third-order valence-electron chi connectivity index (χ3n) is 3.74. The maximum atomic E-state index is 10.5. The van der Waals surface area contributed by atoms with Crippen LogP contribution in [0, 0.1) is 26.4 Å². The first-order chi connectivity index (χ1) is 15.8. The van der Waals surface area contributed by atoms with E-state index in [4.69, 9.17) is 10.2 Å². The minimum Gasteiger partial charge on any atom is -0.648 e. The zero-order valence-corrected chi connectivity index (χ0v) is 44.7. The van der Waals surface area contributed by atoms with E-state index in [1.54, 1.807) is 14.1 Å². The van der Waals surface area contributed by atoms with Gasteiger partial charge >= 0.3 is 0 Å². The third-order valence-corrected chi connectivity index (χ3v) is 4.68. The van der Waals surface area contributed by atoms with Crippen LogP contribution in [0.5, 0.6) is 0 Å². The van der Waals surface area contributed by atoms with Crippen molar-refractivity contribution < 1.29 is 202 Å². The molecule has 40 heavy (non-hydrogen) atoms. The van der Waals surface area contributed by atoms with Gasteiger partial charge in [0.25, 0.3) is 0 Å². The standard InChI is InChI=1S/C6H14N2O2P.C6H13N2O2.C4H11NOP.C4H10NO.2W.4Y/c1-5(8(3)11)4-10-6(9)7-2;1-5(7-2)4-10-6(9)8-3;1-4(3-6)5(2)7;1-4(3-6)5-2;;;;;;/h4-5H,11H2,1-3H3,(H,7,9);4-5,7H,1-3H3,(H,8,9);3-4,6H,7H2,1-2H3;3-6H,1-2H3;;;;;;/q4*-1;;;;;;/p-2. The summed E-state index contributed by atoms with van der Waals surface area (Å²) >= 11 is 0. The van der Waals surface area contributed by atoms with Crippen LogP contribution < -0.4 is 10.6 Å². The van der Waals surface area contributed by atoms with Crippen LogP contribution in [0.1, 0.15) is 27.7 Å². The van der Waals surface area contributed by atoms with Gasteiger partial charge in [-0.2, -0.15) is 13.2 Å². The fraction of sp³-hybridized carbons (Fsp3) is 0.700. The quantitative estimate of drug-likeness (QED) is 0.190. The van der Waals surface area contributed by atoms with Crippen molar-refractivity contribution in [2.24, 2.45) is 0 Å². The molecule has 12 nitrogen and oxygen atoms in total. The van der Waals surface area contributed by atoms with Crippen LogP contribution in [0.25, 0.3) is 10.6 Å². The van der Waals surface area contributed by atoms with Crippen molar-refractivity contribution in [3.05, 3.63) is 37.1 Å². The number of aliphatic hydroxyl groups excluding tert-OH is 2. The summed E-state index contributed by atoms with van der Waals surface area (Å²) in [6, 6.07) is 0.381. The molecule has 0 fully saturated rings. The average Bonchev–Trinajstić information content (AvgIpc) is 2.84. The van der Waals surface area contributed by atoms with Gasteiger partial charge in [0.05, 0.1) is 0 Å². The molecule has 0 aromatic rings. The smallest absolute Gasteiger partial charge is 0.197 e. The zero-order chi connectivity index (χ0) is 27.7. The van der Waals surface area contributed by atoms with Crippen LogP contribution in [0.3, 0.4) is 0 Å². The fourth-order valence-electron chi connectivity index (χ4n) is 0.766. The summed E-state index contributed by atoms with van der Waals surface area (Å²) in [5.74, 6) is 0. The first-order valence-electron chi connectivity index (χ1n) is 10.3. The summed E-state index contributed by atoms with van der Waals surface area (Å²) < 4.78 is 12.8. The van der Waals surface area contributed by atoms with E-state index in [9.17, 15) is 9.59 Å². The Morgan fingerprint density at radius 2 is 1.05 bits per heavy atom. The molecule has 232 valence electrons. The monoisotopic (exact) mass is 1250 g/mol. The number of nitrogens with one attached hydrogen (secondary N) is 2. The Bertz CT molecular complexity index is 493. The molecule has 0 saturated heterocycles. The molecule has 20 heteroatoms. The number of likely N-dealkylation sites (N-methyl/N-ethyl adjacent to an activating group) is 4. The molecule has 4 radical (unpaired) electrons. The van der Waals surface area contributed by atoms with Crippen molar-refractivity contribution in [2.75, 3.05) is 42.3 Å².